The molecule has 0 aliphatic carbocycles. The van der Waals surface area contributed by atoms with Gasteiger partial charge in [-0.2, -0.15) is 0 Å². The van der Waals surface area contributed by atoms with Crippen molar-refractivity contribution in [2.45, 2.75) is 194 Å². The summed E-state index contributed by atoms with van der Waals surface area (Å²) in [6.07, 6.45) is 70.1. The lowest BCUT2D eigenvalue weighted by Gasteiger charge is -2.18. The number of hydrogen-bond donors (Lipinski definition) is 0. The van der Waals surface area contributed by atoms with Crippen LogP contribution in [0.1, 0.15) is 188 Å². The predicted molar refractivity (Wildman–Crippen MR) is 269 cm³/mol. The quantitative estimate of drug-likeness (QED) is 0.0200. The number of carbonyl (C=O) groups is 3. The molecule has 0 rings (SSSR count). The van der Waals surface area contributed by atoms with Gasteiger partial charge in [-0.05, 0) is 77.0 Å². The fourth-order valence-corrected chi connectivity index (χ4v) is 6.19. The van der Waals surface area contributed by atoms with Crippen LogP contribution in [-0.2, 0) is 28.6 Å². The molecule has 0 aromatic rings. The maximum atomic E-state index is 12.8. The van der Waals surface area contributed by atoms with E-state index in [0.29, 0.717) is 19.3 Å². The smallest absolute Gasteiger partial charge is 0.306 e. The van der Waals surface area contributed by atoms with E-state index in [9.17, 15) is 14.4 Å². The average molecular weight is 869 g/mol. The number of allylic oxidation sites excluding steroid dienone is 22. The Morgan fingerprint density at radius 1 is 0.333 bits per heavy atom. The van der Waals surface area contributed by atoms with Crippen molar-refractivity contribution in [1.82, 2.24) is 0 Å². The molecule has 0 aromatic carbocycles. The third-order valence-electron chi connectivity index (χ3n) is 9.88. The third-order valence-corrected chi connectivity index (χ3v) is 9.88. The van der Waals surface area contributed by atoms with E-state index in [1.54, 1.807) is 0 Å². The van der Waals surface area contributed by atoms with E-state index in [-0.39, 0.29) is 44.0 Å². The van der Waals surface area contributed by atoms with Crippen molar-refractivity contribution in [3.05, 3.63) is 134 Å². The van der Waals surface area contributed by atoms with Crippen LogP contribution in [-0.4, -0.2) is 37.2 Å². The zero-order chi connectivity index (χ0) is 45.8. The van der Waals surface area contributed by atoms with Gasteiger partial charge in [0.05, 0.1) is 0 Å². The maximum Gasteiger partial charge on any atom is 0.306 e. The number of esters is 3. The molecule has 0 heterocycles. The van der Waals surface area contributed by atoms with Gasteiger partial charge in [-0.25, -0.2) is 0 Å². The molecule has 352 valence electrons. The zero-order valence-electron chi connectivity index (χ0n) is 40.0. The Bertz CT molecular complexity index is 1420. The van der Waals surface area contributed by atoms with E-state index >= 15 is 0 Å². The molecular weight excluding hydrogens is 781 g/mol. The topological polar surface area (TPSA) is 78.9 Å². The standard InChI is InChI=1S/C57H88O6/c1-4-7-10-13-16-19-22-25-27-28-30-32-35-38-41-44-47-50-56(59)62-53-54(52-61-55(58)49-46-43-40-37-34-31-24-21-18-15-12-9-6-3)63-57(60)51-48-45-42-39-36-33-29-26-23-20-17-14-11-8-5-2/h8-9,11-12,14-15,17-18,20-21,23-27,29,31,33-34,36-37,40,54H,4-7,10,13,16,19,22,28,30,32,35,38-39,41-53H2,1-3H3/b11-8-,12-9-,17-14-,18-15-,23-20-,24-21-,27-25-,29-26-,34-31-,36-33-,40-37-. The molecule has 0 fully saturated rings. The lowest BCUT2D eigenvalue weighted by atomic mass is 10.1. The number of rotatable bonds is 42. The van der Waals surface area contributed by atoms with E-state index in [0.717, 1.165) is 57.8 Å². The van der Waals surface area contributed by atoms with Gasteiger partial charge in [-0.3, -0.25) is 14.4 Å². The summed E-state index contributed by atoms with van der Waals surface area (Å²) in [5, 5.41) is 0. The largest absolute Gasteiger partial charge is 0.462 e. The summed E-state index contributed by atoms with van der Waals surface area (Å²) < 4.78 is 16.7. The molecule has 0 saturated carbocycles. The number of carbonyl (C=O) groups excluding carboxylic acids is 3. The lowest BCUT2D eigenvalue weighted by molar-refractivity contribution is -0.167. The van der Waals surface area contributed by atoms with Crippen molar-refractivity contribution in [3.8, 4) is 0 Å². The van der Waals surface area contributed by atoms with Crippen molar-refractivity contribution >= 4 is 17.9 Å². The van der Waals surface area contributed by atoms with Crippen LogP contribution >= 0.6 is 0 Å². The molecule has 6 nitrogen and oxygen atoms in total. The Balaban J connectivity index is 4.58. The van der Waals surface area contributed by atoms with Crippen molar-refractivity contribution in [2.24, 2.45) is 0 Å². The van der Waals surface area contributed by atoms with Gasteiger partial charge in [0.1, 0.15) is 13.2 Å². The molecule has 1 unspecified atom stereocenters. The summed E-state index contributed by atoms with van der Waals surface area (Å²) in [6.45, 7) is 6.21. The molecule has 0 radical (unpaired) electrons. The average Bonchev–Trinajstić information content (AvgIpc) is 3.28. The van der Waals surface area contributed by atoms with Crippen LogP contribution in [0.5, 0.6) is 0 Å². The van der Waals surface area contributed by atoms with Gasteiger partial charge < -0.3 is 14.2 Å². The van der Waals surface area contributed by atoms with Crippen LogP contribution in [0.2, 0.25) is 0 Å². The SMILES string of the molecule is CC\C=C/C=C\C=C/C=C\C=C/CCCCCC(=O)OC(COC(=O)CCC\C=C/C=C\C=C/C=C\C=C/CC)COC(=O)CCCCCCCCC/C=C\CCCCCCCC. The molecule has 0 aliphatic heterocycles. The highest BCUT2D eigenvalue weighted by molar-refractivity contribution is 5.71. The minimum Gasteiger partial charge on any atom is -0.462 e. The summed E-state index contributed by atoms with van der Waals surface area (Å²) >= 11 is 0. The first-order chi connectivity index (χ1) is 31.0. The van der Waals surface area contributed by atoms with Gasteiger partial charge in [0.15, 0.2) is 6.10 Å². The monoisotopic (exact) mass is 869 g/mol. The fraction of sp³-hybridized carbons (Fsp3) is 0.561. The highest BCUT2D eigenvalue weighted by atomic mass is 16.6. The predicted octanol–water partition coefficient (Wildman–Crippen LogP) is 16.3. The summed E-state index contributed by atoms with van der Waals surface area (Å²) in [4.78, 5) is 37.9. The first-order valence-corrected chi connectivity index (χ1v) is 24.8. The summed E-state index contributed by atoms with van der Waals surface area (Å²) in [7, 11) is 0. The first-order valence-electron chi connectivity index (χ1n) is 24.8. The zero-order valence-corrected chi connectivity index (χ0v) is 40.0. The van der Waals surface area contributed by atoms with Crippen molar-refractivity contribution < 1.29 is 28.6 Å². The van der Waals surface area contributed by atoms with Gasteiger partial charge in [0, 0.05) is 19.3 Å². The highest BCUT2D eigenvalue weighted by Crippen LogP contribution is 2.13. The molecule has 0 saturated heterocycles. The van der Waals surface area contributed by atoms with Crippen molar-refractivity contribution in [3.63, 3.8) is 0 Å². The second kappa shape index (κ2) is 50.2. The van der Waals surface area contributed by atoms with E-state index in [2.05, 4.69) is 51.2 Å². The fourth-order valence-electron chi connectivity index (χ4n) is 6.19. The first kappa shape index (κ1) is 58.6. The van der Waals surface area contributed by atoms with E-state index < -0.39 is 6.10 Å². The second-order valence-corrected chi connectivity index (χ2v) is 15.8. The van der Waals surface area contributed by atoms with Crippen molar-refractivity contribution in [1.29, 1.82) is 0 Å². The number of ether oxygens (including phenoxy) is 3. The molecule has 0 bridgehead atoms. The molecule has 1 atom stereocenters. The Morgan fingerprint density at radius 2 is 0.651 bits per heavy atom. The van der Waals surface area contributed by atoms with Crippen molar-refractivity contribution in [2.75, 3.05) is 13.2 Å². The summed E-state index contributed by atoms with van der Waals surface area (Å²) in [6, 6.07) is 0. The molecule has 6 heteroatoms. The number of unbranched alkanes of at least 4 members (excludes halogenated alkanes) is 17. The molecule has 0 aromatic heterocycles. The van der Waals surface area contributed by atoms with Gasteiger partial charge >= 0.3 is 17.9 Å². The molecule has 0 aliphatic rings. The maximum absolute atomic E-state index is 12.8. The second-order valence-electron chi connectivity index (χ2n) is 15.8. The van der Waals surface area contributed by atoms with Crippen LogP contribution < -0.4 is 0 Å². The molecule has 0 amide bonds. The van der Waals surface area contributed by atoms with Crippen LogP contribution in [0, 0.1) is 0 Å². The number of hydrogen-bond acceptors (Lipinski definition) is 6. The van der Waals surface area contributed by atoms with Gasteiger partial charge in [0.2, 0.25) is 0 Å². The van der Waals surface area contributed by atoms with Crippen LogP contribution in [0.3, 0.4) is 0 Å². The normalized spacial score (nSPS) is 13.3. The minimum absolute atomic E-state index is 0.125. The Hall–Kier alpha value is -4.45. The molecule has 0 spiro atoms. The van der Waals surface area contributed by atoms with Gasteiger partial charge in [-0.1, -0.05) is 225 Å². The molecular formula is C57H88O6. The molecule has 63 heavy (non-hydrogen) atoms. The summed E-state index contributed by atoms with van der Waals surface area (Å²) in [5.74, 6) is -1.06. The van der Waals surface area contributed by atoms with E-state index in [4.69, 9.17) is 14.2 Å². The van der Waals surface area contributed by atoms with Gasteiger partial charge in [0.25, 0.3) is 0 Å². The Labute approximate surface area is 385 Å². The van der Waals surface area contributed by atoms with E-state index in [1.807, 2.05) is 103 Å². The highest BCUT2D eigenvalue weighted by Gasteiger charge is 2.19. The van der Waals surface area contributed by atoms with Gasteiger partial charge in [-0.15, -0.1) is 0 Å². The van der Waals surface area contributed by atoms with E-state index in [1.165, 1.54) is 77.0 Å². The van der Waals surface area contributed by atoms with Crippen LogP contribution in [0.25, 0.3) is 0 Å². The third kappa shape index (κ3) is 48.4. The Kier molecular flexibility index (Phi) is 46.7. The van der Waals surface area contributed by atoms with Crippen LogP contribution in [0.4, 0.5) is 0 Å². The summed E-state index contributed by atoms with van der Waals surface area (Å²) in [5.41, 5.74) is 0. The minimum atomic E-state index is -0.835. The van der Waals surface area contributed by atoms with Crippen LogP contribution in [0.15, 0.2) is 134 Å². The Morgan fingerprint density at radius 3 is 1.10 bits per heavy atom. The lowest BCUT2D eigenvalue weighted by Crippen LogP contribution is -2.30. The molecule has 0 N–H and O–H groups in total.